The number of hydrogen-bond acceptors (Lipinski definition) is 4. The summed E-state index contributed by atoms with van der Waals surface area (Å²) in [6.07, 6.45) is 0. The molecular weight excluding hydrogens is 266 g/mol. The van der Waals surface area contributed by atoms with Gasteiger partial charge in [0.15, 0.2) is 5.69 Å². The van der Waals surface area contributed by atoms with Gasteiger partial charge in [-0.15, -0.1) is 0 Å². The molecule has 0 amide bonds. The third-order valence-electron chi connectivity index (χ3n) is 3.23. The first kappa shape index (κ1) is 14.8. The molecule has 0 saturated carbocycles. The quantitative estimate of drug-likeness (QED) is 0.914. The molecule has 0 aliphatic carbocycles. The van der Waals surface area contributed by atoms with Gasteiger partial charge in [0, 0.05) is 33.4 Å². The number of nitrogens with zero attached hydrogens (tertiary/aromatic N) is 3. The fourth-order valence-electron chi connectivity index (χ4n) is 2.17. The average molecular weight is 285 g/mol. The summed E-state index contributed by atoms with van der Waals surface area (Å²) in [5.74, 6) is -0.373. The monoisotopic (exact) mass is 285 g/mol. The van der Waals surface area contributed by atoms with Crippen molar-refractivity contribution in [3.8, 4) is 0 Å². The number of carboxylic acids is 1. The van der Waals surface area contributed by atoms with E-state index >= 15 is 0 Å². The molecule has 0 aliphatic heterocycles. The summed E-state index contributed by atoms with van der Waals surface area (Å²) in [6.45, 7) is 0.657. The molecule has 5 nitrogen and oxygen atoms in total. The van der Waals surface area contributed by atoms with Crippen molar-refractivity contribution in [3.05, 3.63) is 53.7 Å². The van der Waals surface area contributed by atoms with Crippen molar-refractivity contribution < 1.29 is 9.90 Å². The molecule has 0 fully saturated rings. The lowest BCUT2D eigenvalue weighted by molar-refractivity contribution is 0.0690. The predicted molar refractivity (Wildman–Crippen MR) is 84.1 cm³/mol. The van der Waals surface area contributed by atoms with Crippen LogP contribution in [-0.4, -0.2) is 37.2 Å². The SMILES string of the molecule is CN(C)c1ccccc1CN(C)c1cccc(C(=O)O)n1. The van der Waals surface area contributed by atoms with Gasteiger partial charge in [-0.2, -0.15) is 0 Å². The average Bonchev–Trinajstić information content (AvgIpc) is 2.47. The minimum atomic E-state index is -1.01. The van der Waals surface area contributed by atoms with Crippen LogP contribution in [0.3, 0.4) is 0 Å². The van der Waals surface area contributed by atoms with Gasteiger partial charge < -0.3 is 14.9 Å². The summed E-state index contributed by atoms with van der Waals surface area (Å²) in [5.41, 5.74) is 2.35. The molecule has 0 radical (unpaired) electrons. The van der Waals surface area contributed by atoms with Gasteiger partial charge >= 0.3 is 5.97 Å². The molecule has 0 unspecified atom stereocenters. The minimum absolute atomic E-state index is 0.0558. The van der Waals surface area contributed by atoms with Crippen molar-refractivity contribution in [2.45, 2.75) is 6.54 Å². The van der Waals surface area contributed by atoms with Gasteiger partial charge in [-0.05, 0) is 23.8 Å². The summed E-state index contributed by atoms with van der Waals surface area (Å²) in [4.78, 5) is 19.1. The molecule has 1 heterocycles. The lowest BCUT2D eigenvalue weighted by atomic mass is 10.1. The number of pyridine rings is 1. The van der Waals surface area contributed by atoms with Gasteiger partial charge in [-0.25, -0.2) is 9.78 Å². The van der Waals surface area contributed by atoms with Gasteiger partial charge in [-0.1, -0.05) is 24.3 Å². The smallest absolute Gasteiger partial charge is 0.354 e. The number of para-hydroxylation sites is 1. The third-order valence-corrected chi connectivity index (χ3v) is 3.23. The van der Waals surface area contributed by atoms with Crippen molar-refractivity contribution in [3.63, 3.8) is 0 Å². The van der Waals surface area contributed by atoms with Crippen molar-refractivity contribution in [2.75, 3.05) is 30.9 Å². The maximum atomic E-state index is 11.0. The molecular formula is C16H19N3O2. The summed E-state index contributed by atoms with van der Waals surface area (Å²) in [7, 11) is 5.91. The second kappa shape index (κ2) is 6.26. The highest BCUT2D eigenvalue weighted by molar-refractivity contribution is 5.85. The summed E-state index contributed by atoms with van der Waals surface area (Å²) < 4.78 is 0. The van der Waals surface area contributed by atoms with Crippen LogP contribution in [0.5, 0.6) is 0 Å². The fraction of sp³-hybridized carbons (Fsp3) is 0.250. The topological polar surface area (TPSA) is 56.7 Å². The fourth-order valence-corrected chi connectivity index (χ4v) is 2.17. The number of aromatic nitrogens is 1. The largest absolute Gasteiger partial charge is 0.477 e. The zero-order chi connectivity index (χ0) is 15.4. The van der Waals surface area contributed by atoms with Gasteiger partial charge in [-0.3, -0.25) is 0 Å². The Labute approximate surface area is 124 Å². The van der Waals surface area contributed by atoms with Gasteiger partial charge in [0.2, 0.25) is 0 Å². The number of benzene rings is 1. The summed E-state index contributed by atoms with van der Waals surface area (Å²) >= 11 is 0. The first-order valence-electron chi connectivity index (χ1n) is 6.65. The van der Waals surface area contributed by atoms with Crippen LogP contribution in [0.2, 0.25) is 0 Å². The Kier molecular flexibility index (Phi) is 4.42. The number of rotatable bonds is 5. The molecule has 2 rings (SSSR count). The zero-order valence-corrected chi connectivity index (χ0v) is 12.4. The first-order chi connectivity index (χ1) is 9.99. The molecule has 0 spiro atoms. The maximum absolute atomic E-state index is 11.0. The van der Waals surface area contributed by atoms with Gasteiger partial charge in [0.25, 0.3) is 0 Å². The van der Waals surface area contributed by atoms with Gasteiger partial charge in [0.05, 0.1) is 0 Å². The lowest BCUT2D eigenvalue weighted by Gasteiger charge is -2.23. The van der Waals surface area contributed by atoms with E-state index in [0.717, 1.165) is 11.3 Å². The second-order valence-corrected chi connectivity index (χ2v) is 5.07. The maximum Gasteiger partial charge on any atom is 0.354 e. The van der Waals surface area contributed by atoms with Crippen LogP contribution in [0.1, 0.15) is 16.1 Å². The Balaban J connectivity index is 2.24. The van der Waals surface area contributed by atoms with E-state index in [1.165, 1.54) is 6.07 Å². The number of carbonyl (C=O) groups is 1. The van der Waals surface area contributed by atoms with E-state index < -0.39 is 5.97 Å². The standard InChI is InChI=1S/C16H19N3O2/c1-18(2)14-9-5-4-7-12(14)11-19(3)15-10-6-8-13(17-15)16(20)21/h4-10H,11H2,1-3H3,(H,20,21). The molecule has 5 heteroatoms. The van der Waals surface area contributed by atoms with Crippen LogP contribution in [0.4, 0.5) is 11.5 Å². The summed E-state index contributed by atoms with van der Waals surface area (Å²) in [6, 6.07) is 13.1. The normalized spacial score (nSPS) is 10.2. The Morgan fingerprint density at radius 1 is 1.10 bits per heavy atom. The van der Waals surface area contributed by atoms with Crippen molar-refractivity contribution in [1.82, 2.24) is 4.98 Å². The first-order valence-corrected chi connectivity index (χ1v) is 6.65. The van der Waals surface area contributed by atoms with Crippen molar-refractivity contribution >= 4 is 17.5 Å². The molecule has 0 saturated heterocycles. The van der Waals surface area contributed by atoms with E-state index in [0.29, 0.717) is 12.4 Å². The van der Waals surface area contributed by atoms with Crippen LogP contribution in [0, 0.1) is 0 Å². The molecule has 1 N–H and O–H groups in total. The Morgan fingerprint density at radius 3 is 2.48 bits per heavy atom. The van der Waals surface area contributed by atoms with Crippen molar-refractivity contribution in [2.24, 2.45) is 0 Å². The van der Waals surface area contributed by atoms with E-state index in [9.17, 15) is 4.79 Å². The Hall–Kier alpha value is -2.56. The zero-order valence-electron chi connectivity index (χ0n) is 12.4. The highest BCUT2D eigenvalue weighted by Gasteiger charge is 2.11. The number of aromatic carboxylic acids is 1. The molecule has 1 aromatic heterocycles. The van der Waals surface area contributed by atoms with Crippen molar-refractivity contribution in [1.29, 1.82) is 0 Å². The molecule has 21 heavy (non-hydrogen) atoms. The van der Waals surface area contributed by atoms with E-state index in [-0.39, 0.29) is 5.69 Å². The number of carboxylic acid groups (broad SMARTS) is 1. The molecule has 0 aliphatic rings. The Morgan fingerprint density at radius 2 is 1.81 bits per heavy atom. The molecule has 0 atom stereocenters. The van der Waals surface area contributed by atoms with E-state index in [1.54, 1.807) is 6.07 Å². The third kappa shape index (κ3) is 3.51. The molecule has 0 bridgehead atoms. The van der Waals surface area contributed by atoms with Crippen LogP contribution < -0.4 is 9.80 Å². The van der Waals surface area contributed by atoms with Crippen LogP contribution in [0.15, 0.2) is 42.5 Å². The van der Waals surface area contributed by atoms with Crippen LogP contribution >= 0.6 is 0 Å². The number of anilines is 2. The van der Waals surface area contributed by atoms with Crippen LogP contribution in [-0.2, 0) is 6.54 Å². The highest BCUT2D eigenvalue weighted by atomic mass is 16.4. The van der Waals surface area contributed by atoms with Gasteiger partial charge in [0.1, 0.15) is 5.82 Å². The second-order valence-electron chi connectivity index (χ2n) is 5.07. The minimum Gasteiger partial charge on any atom is -0.477 e. The Bertz CT molecular complexity index is 641. The van der Waals surface area contributed by atoms with Crippen LogP contribution in [0.25, 0.3) is 0 Å². The van der Waals surface area contributed by atoms with E-state index in [1.807, 2.05) is 44.2 Å². The molecule has 1 aromatic carbocycles. The van der Waals surface area contributed by atoms with E-state index in [4.69, 9.17) is 5.11 Å². The lowest BCUT2D eigenvalue weighted by Crippen LogP contribution is -2.21. The molecule has 2 aromatic rings. The summed E-state index contributed by atoms with van der Waals surface area (Å²) in [5, 5.41) is 9.01. The predicted octanol–water partition coefficient (Wildman–Crippen LogP) is 2.48. The number of hydrogen-bond donors (Lipinski definition) is 1. The highest BCUT2D eigenvalue weighted by Crippen LogP contribution is 2.21. The molecule has 110 valence electrons. The van der Waals surface area contributed by atoms with E-state index in [2.05, 4.69) is 22.0 Å².